The van der Waals surface area contributed by atoms with E-state index in [1.807, 2.05) is 4.90 Å². The van der Waals surface area contributed by atoms with Crippen molar-refractivity contribution in [3.63, 3.8) is 0 Å². The molecule has 0 unspecified atom stereocenters. The van der Waals surface area contributed by atoms with Crippen molar-refractivity contribution in [2.24, 2.45) is 0 Å². The Morgan fingerprint density at radius 1 is 1.06 bits per heavy atom. The third-order valence-corrected chi connectivity index (χ3v) is 5.78. The molecule has 2 amide bonds. The van der Waals surface area contributed by atoms with Crippen LogP contribution in [0.5, 0.6) is 0 Å². The number of benzene rings is 1. The molecule has 0 radical (unpaired) electrons. The number of alkyl halides is 3. The summed E-state index contributed by atoms with van der Waals surface area (Å²) in [4.78, 5) is 32.9. The van der Waals surface area contributed by atoms with Crippen molar-refractivity contribution in [1.29, 1.82) is 0 Å². The first kappa shape index (κ1) is 23.0. The average Bonchev–Trinajstić information content (AvgIpc) is 3.23. The second-order valence-electron chi connectivity index (χ2n) is 8.11. The van der Waals surface area contributed by atoms with E-state index >= 15 is 0 Å². The van der Waals surface area contributed by atoms with Crippen molar-refractivity contribution < 1.29 is 27.5 Å². The SMILES string of the molecule is O=C(Nc1cccc(C(=O)N2CCCN(c3ccc(C(F)(F)F)cn3)CC2)c1)[C@H]1CCCO1. The molecule has 1 atom stereocenters. The molecule has 0 bridgehead atoms. The number of rotatable bonds is 4. The van der Waals surface area contributed by atoms with Crippen LogP contribution in [0.15, 0.2) is 42.6 Å². The van der Waals surface area contributed by atoms with Gasteiger partial charge in [-0.1, -0.05) is 6.07 Å². The molecule has 0 aliphatic carbocycles. The van der Waals surface area contributed by atoms with Crippen LogP contribution in [0.25, 0.3) is 0 Å². The van der Waals surface area contributed by atoms with Crippen LogP contribution in [-0.2, 0) is 15.7 Å². The highest BCUT2D eigenvalue weighted by atomic mass is 19.4. The van der Waals surface area contributed by atoms with Crippen LogP contribution >= 0.6 is 0 Å². The van der Waals surface area contributed by atoms with Gasteiger partial charge in [0.25, 0.3) is 11.8 Å². The Labute approximate surface area is 189 Å². The summed E-state index contributed by atoms with van der Waals surface area (Å²) in [5, 5.41) is 2.81. The Morgan fingerprint density at radius 3 is 2.61 bits per heavy atom. The first-order valence-electron chi connectivity index (χ1n) is 10.9. The number of carbonyl (C=O) groups excluding carboxylic acids is 2. The number of pyridine rings is 1. The second-order valence-corrected chi connectivity index (χ2v) is 8.11. The topological polar surface area (TPSA) is 74.8 Å². The van der Waals surface area contributed by atoms with Gasteiger partial charge in [0.05, 0.1) is 5.56 Å². The normalized spacial score (nSPS) is 19.3. The molecule has 10 heteroatoms. The van der Waals surface area contributed by atoms with Crippen molar-refractivity contribution in [1.82, 2.24) is 9.88 Å². The number of halogens is 3. The van der Waals surface area contributed by atoms with Gasteiger partial charge in [-0.3, -0.25) is 9.59 Å². The Hall–Kier alpha value is -3.14. The Morgan fingerprint density at radius 2 is 1.91 bits per heavy atom. The first-order chi connectivity index (χ1) is 15.8. The van der Waals surface area contributed by atoms with E-state index in [0.29, 0.717) is 62.7 Å². The van der Waals surface area contributed by atoms with Gasteiger partial charge in [-0.05, 0) is 49.6 Å². The lowest BCUT2D eigenvalue weighted by atomic mass is 10.1. The van der Waals surface area contributed by atoms with Gasteiger partial charge in [0.1, 0.15) is 11.9 Å². The second kappa shape index (κ2) is 9.78. The molecule has 3 heterocycles. The molecule has 33 heavy (non-hydrogen) atoms. The fraction of sp³-hybridized carbons (Fsp3) is 0.435. The number of hydrogen-bond acceptors (Lipinski definition) is 5. The van der Waals surface area contributed by atoms with Crippen molar-refractivity contribution in [3.05, 3.63) is 53.7 Å². The summed E-state index contributed by atoms with van der Waals surface area (Å²) < 4.78 is 43.7. The zero-order valence-corrected chi connectivity index (χ0v) is 18.0. The molecule has 2 saturated heterocycles. The van der Waals surface area contributed by atoms with Crippen molar-refractivity contribution in [3.8, 4) is 0 Å². The van der Waals surface area contributed by atoms with Crippen LogP contribution in [0, 0.1) is 0 Å². The van der Waals surface area contributed by atoms with E-state index in [2.05, 4.69) is 10.3 Å². The van der Waals surface area contributed by atoms with Crippen molar-refractivity contribution >= 4 is 23.3 Å². The van der Waals surface area contributed by atoms with Crippen molar-refractivity contribution in [2.45, 2.75) is 31.5 Å². The molecular weight excluding hydrogens is 437 g/mol. The van der Waals surface area contributed by atoms with E-state index < -0.39 is 17.8 Å². The van der Waals surface area contributed by atoms with Gasteiger partial charge in [-0.2, -0.15) is 13.2 Å². The molecule has 0 spiro atoms. The largest absolute Gasteiger partial charge is 0.417 e. The zero-order valence-electron chi connectivity index (χ0n) is 18.0. The quantitative estimate of drug-likeness (QED) is 0.752. The summed E-state index contributed by atoms with van der Waals surface area (Å²) in [5.74, 6) is 0.0770. The minimum absolute atomic E-state index is 0.162. The number of nitrogens with zero attached hydrogens (tertiary/aromatic N) is 3. The lowest BCUT2D eigenvalue weighted by molar-refractivity contribution is -0.137. The van der Waals surface area contributed by atoms with Crippen molar-refractivity contribution in [2.75, 3.05) is 43.0 Å². The standard InChI is InChI=1S/C23H25F3N4O3/c24-23(25,26)17-7-8-20(27-15-17)29-9-3-10-30(12-11-29)22(32)16-4-1-5-18(14-16)28-21(31)19-6-2-13-33-19/h1,4-5,7-8,14-15,19H,2-3,6,9-13H2,(H,28,31)/t19-/m1/s1. The van der Waals surface area contributed by atoms with Crippen LogP contribution < -0.4 is 10.2 Å². The van der Waals surface area contributed by atoms with Crippen LogP contribution in [0.4, 0.5) is 24.7 Å². The maximum atomic E-state index is 13.1. The highest BCUT2D eigenvalue weighted by molar-refractivity contribution is 5.98. The fourth-order valence-electron chi connectivity index (χ4n) is 4.01. The molecule has 1 N–H and O–H groups in total. The summed E-state index contributed by atoms with van der Waals surface area (Å²) in [6, 6.07) is 9.17. The van der Waals surface area contributed by atoms with E-state index in [1.54, 1.807) is 29.2 Å². The minimum atomic E-state index is -4.42. The molecule has 2 fully saturated rings. The zero-order chi connectivity index (χ0) is 23.4. The molecule has 176 valence electrons. The van der Waals surface area contributed by atoms with E-state index in [9.17, 15) is 22.8 Å². The maximum absolute atomic E-state index is 13.1. The van der Waals surface area contributed by atoms with E-state index in [0.717, 1.165) is 18.7 Å². The molecule has 4 rings (SSSR count). The Balaban J connectivity index is 1.38. The smallest absolute Gasteiger partial charge is 0.368 e. The van der Waals surface area contributed by atoms with E-state index in [-0.39, 0.29) is 11.8 Å². The lowest BCUT2D eigenvalue weighted by Gasteiger charge is -2.23. The minimum Gasteiger partial charge on any atom is -0.368 e. The van der Waals surface area contributed by atoms with Gasteiger partial charge < -0.3 is 19.9 Å². The predicted molar refractivity (Wildman–Crippen MR) is 116 cm³/mol. The lowest BCUT2D eigenvalue weighted by Crippen LogP contribution is -2.35. The number of aromatic nitrogens is 1. The van der Waals surface area contributed by atoms with Gasteiger partial charge >= 0.3 is 6.18 Å². The van der Waals surface area contributed by atoms with Crippen LogP contribution in [0.3, 0.4) is 0 Å². The number of amides is 2. The molecule has 7 nitrogen and oxygen atoms in total. The molecule has 1 aromatic carbocycles. The highest BCUT2D eigenvalue weighted by Crippen LogP contribution is 2.29. The Kier molecular flexibility index (Phi) is 6.83. The van der Waals surface area contributed by atoms with Crippen LogP contribution in [0.2, 0.25) is 0 Å². The number of anilines is 2. The van der Waals surface area contributed by atoms with E-state index in [4.69, 9.17) is 4.74 Å². The van der Waals surface area contributed by atoms with Crippen LogP contribution in [-0.4, -0.2) is 60.6 Å². The molecule has 2 aromatic rings. The molecule has 0 saturated carbocycles. The molecule has 2 aliphatic heterocycles. The van der Waals surface area contributed by atoms with Gasteiger partial charge in [0.15, 0.2) is 0 Å². The summed E-state index contributed by atoms with van der Waals surface area (Å²) in [5.41, 5.74) is 0.206. The summed E-state index contributed by atoms with van der Waals surface area (Å²) in [6.45, 7) is 2.54. The number of ether oxygens (including phenoxy) is 1. The first-order valence-corrected chi connectivity index (χ1v) is 10.9. The summed E-state index contributed by atoms with van der Waals surface area (Å²) in [6.07, 6.45) is -1.86. The maximum Gasteiger partial charge on any atom is 0.417 e. The Bertz CT molecular complexity index is 991. The highest BCUT2D eigenvalue weighted by Gasteiger charge is 2.31. The number of nitrogens with one attached hydrogen (secondary N) is 1. The fourth-order valence-corrected chi connectivity index (χ4v) is 4.01. The summed E-state index contributed by atoms with van der Waals surface area (Å²) in [7, 11) is 0. The monoisotopic (exact) mass is 462 g/mol. The number of carbonyl (C=O) groups is 2. The average molecular weight is 462 g/mol. The van der Waals surface area contributed by atoms with Crippen LogP contribution in [0.1, 0.15) is 35.2 Å². The molecule has 1 aromatic heterocycles. The van der Waals surface area contributed by atoms with Gasteiger partial charge in [-0.15, -0.1) is 0 Å². The van der Waals surface area contributed by atoms with Gasteiger partial charge in [-0.25, -0.2) is 4.98 Å². The molecular formula is C23H25F3N4O3. The van der Waals surface area contributed by atoms with Gasteiger partial charge in [0.2, 0.25) is 0 Å². The van der Waals surface area contributed by atoms with Gasteiger partial charge in [0, 0.05) is 50.2 Å². The number of hydrogen-bond donors (Lipinski definition) is 1. The predicted octanol–water partition coefficient (Wildman–Crippen LogP) is 3.57. The third kappa shape index (κ3) is 5.62. The molecule has 2 aliphatic rings. The summed E-state index contributed by atoms with van der Waals surface area (Å²) >= 11 is 0. The third-order valence-electron chi connectivity index (χ3n) is 5.78. The van der Waals surface area contributed by atoms with E-state index in [1.165, 1.54) is 6.07 Å².